The van der Waals surface area contributed by atoms with Crippen LogP contribution >= 0.6 is 0 Å². The molecule has 0 bridgehead atoms. The zero-order valence-corrected chi connectivity index (χ0v) is 11.5. The van der Waals surface area contributed by atoms with Gasteiger partial charge in [-0.3, -0.25) is 4.21 Å². The average molecular weight is 271 g/mol. The number of rotatable bonds is 2. The molecule has 1 aromatic carbocycles. The highest BCUT2D eigenvalue weighted by Crippen LogP contribution is 2.30. The number of halogens is 1. The summed E-state index contributed by atoms with van der Waals surface area (Å²) in [5, 5.41) is 9.75. The molecule has 1 aliphatic heterocycles. The highest BCUT2D eigenvalue weighted by molar-refractivity contribution is 7.85. The van der Waals surface area contributed by atoms with E-state index in [2.05, 4.69) is 4.90 Å². The molecule has 0 aliphatic carbocycles. The summed E-state index contributed by atoms with van der Waals surface area (Å²) < 4.78 is 24.9. The number of aryl methyl sites for hydroxylation is 1. The fourth-order valence-corrected chi connectivity index (χ4v) is 3.22. The van der Waals surface area contributed by atoms with E-state index in [9.17, 15) is 13.7 Å². The van der Waals surface area contributed by atoms with Crippen LogP contribution in [0.1, 0.15) is 24.2 Å². The van der Waals surface area contributed by atoms with E-state index in [-0.39, 0.29) is 5.82 Å². The van der Waals surface area contributed by atoms with E-state index in [0.29, 0.717) is 35.7 Å². The van der Waals surface area contributed by atoms with Crippen molar-refractivity contribution in [2.24, 2.45) is 0 Å². The third-order valence-electron chi connectivity index (χ3n) is 3.28. The maximum Gasteiger partial charge on any atom is 0.126 e. The number of anilines is 1. The van der Waals surface area contributed by atoms with Crippen molar-refractivity contribution in [2.45, 2.75) is 20.0 Å². The Bertz CT molecular complexity index is 466. The molecule has 0 saturated carbocycles. The van der Waals surface area contributed by atoms with Gasteiger partial charge in [0.1, 0.15) is 5.82 Å². The van der Waals surface area contributed by atoms with Gasteiger partial charge in [-0.25, -0.2) is 4.39 Å². The number of hydrogen-bond acceptors (Lipinski definition) is 3. The maximum absolute atomic E-state index is 13.6. The minimum absolute atomic E-state index is 0.296. The predicted molar refractivity (Wildman–Crippen MR) is 71.9 cm³/mol. The van der Waals surface area contributed by atoms with Gasteiger partial charge in [0.15, 0.2) is 0 Å². The third kappa shape index (κ3) is 2.72. The predicted octanol–water partition coefficient (Wildman–Crippen LogP) is 1.76. The van der Waals surface area contributed by atoms with Crippen LogP contribution in [0.5, 0.6) is 0 Å². The molecule has 0 spiro atoms. The topological polar surface area (TPSA) is 40.5 Å². The summed E-state index contributed by atoms with van der Waals surface area (Å²) in [5.41, 5.74) is 2.03. The van der Waals surface area contributed by atoms with Gasteiger partial charge in [0.05, 0.1) is 6.10 Å². The van der Waals surface area contributed by atoms with E-state index in [1.165, 1.54) is 6.07 Å². The van der Waals surface area contributed by atoms with Crippen molar-refractivity contribution in [1.82, 2.24) is 0 Å². The van der Waals surface area contributed by atoms with Gasteiger partial charge < -0.3 is 10.0 Å². The van der Waals surface area contributed by atoms with Gasteiger partial charge in [0.2, 0.25) is 0 Å². The zero-order chi connectivity index (χ0) is 13.3. The van der Waals surface area contributed by atoms with Crippen molar-refractivity contribution in [1.29, 1.82) is 0 Å². The molecule has 3 nitrogen and oxygen atoms in total. The van der Waals surface area contributed by atoms with Crippen LogP contribution in [0.4, 0.5) is 10.1 Å². The van der Waals surface area contributed by atoms with E-state index in [0.717, 1.165) is 5.69 Å². The van der Waals surface area contributed by atoms with Crippen molar-refractivity contribution in [3.63, 3.8) is 0 Å². The molecule has 1 heterocycles. The first-order valence-electron chi connectivity index (χ1n) is 6.07. The lowest BCUT2D eigenvalue weighted by Crippen LogP contribution is -2.38. The summed E-state index contributed by atoms with van der Waals surface area (Å²) in [7, 11) is -0.740. The monoisotopic (exact) mass is 271 g/mol. The second kappa shape index (κ2) is 5.36. The molecule has 1 aromatic rings. The second-order valence-corrected chi connectivity index (χ2v) is 6.37. The van der Waals surface area contributed by atoms with Crippen molar-refractivity contribution < 1.29 is 13.7 Å². The van der Waals surface area contributed by atoms with Crippen LogP contribution < -0.4 is 4.90 Å². The van der Waals surface area contributed by atoms with E-state index < -0.39 is 16.9 Å². The molecule has 0 radical (unpaired) electrons. The number of nitrogens with zero attached hydrogens (tertiary/aromatic N) is 1. The standard InChI is InChI=1S/C13H18FNO2S/c1-9-7-13(11(10(2)16)8-12(9)14)15-3-5-18(17)6-4-15/h7-8,10,16H,3-6H2,1-2H3/t10-/m1/s1. The molecule has 1 N–H and O–H groups in total. The maximum atomic E-state index is 13.6. The molecule has 1 saturated heterocycles. The minimum atomic E-state index is -0.740. The normalized spacial score (nSPS) is 19.0. The minimum Gasteiger partial charge on any atom is -0.389 e. The molecular formula is C13H18FNO2S. The Morgan fingerprint density at radius 2 is 2.00 bits per heavy atom. The van der Waals surface area contributed by atoms with Crippen molar-refractivity contribution >= 4 is 16.5 Å². The number of aliphatic hydroxyl groups excluding tert-OH is 1. The Balaban J connectivity index is 2.36. The van der Waals surface area contributed by atoms with Gasteiger partial charge in [-0.15, -0.1) is 0 Å². The first kappa shape index (κ1) is 13.5. The summed E-state index contributed by atoms with van der Waals surface area (Å²) in [6, 6.07) is 3.17. The highest BCUT2D eigenvalue weighted by atomic mass is 32.2. The number of aliphatic hydroxyl groups is 1. The quantitative estimate of drug-likeness (QED) is 0.891. The van der Waals surface area contributed by atoms with Crippen molar-refractivity contribution in [3.05, 3.63) is 29.1 Å². The van der Waals surface area contributed by atoms with Gasteiger partial charge in [-0.2, -0.15) is 0 Å². The van der Waals surface area contributed by atoms with Crippen LogP contribution in [-0.2, 0) is 10.8 Å². The van der Waals surface area contributed by atoms with Crippen LogP contribution in [0.15, 0.2) is 12.1 Å². The molecule has 18 heavy (non-hydrogen) atoms. The summed E-state index contributed by atoms with van der Waals surface area (Å²) in [6.07, 6.45) is -0.706. The van der Waals surface area contributed by atoms with E-state index in [1.54, 1.807) is 19.9 Å². The van der Waals surface area contributed by atoms with Gasteiger partial charge in [0, 0.05) is 46.6 Å². The zero-order valence-electron chi connectivity index (χ0n) is 10.6. The first-order chi connectivity index (χ1) is 8.49. The highest BCUT2D eigenvalue weighted by Gasteiger charge is 2.21. The van der Waals surface area contributed by atoms with Crippen LogP contribution in [0, 0.1) is 12.7 Å². The molecule has 0 amide bonds. The largest absolute Gasteiger partial charge is 0.389 e. The Hall–Kier alpha value is -0.940. The molecule has 1 atom stereocenters. The van der Waals surface area contributed by atoms with Crippen LogP contribution in [0.2, 0.25) is 0 Å². The second-order valence-electron chi connectivity index (χ2n) is 4.67. The Morgan fingerprint density at radius 1 is 1.39 bits per heavy atom. The Labute approximate surface area is 109 Å². The first-order valence-corrected chi connectivity index (χ1v) is 7.56. The van der Waals surface area contributed by atoms with Gasteiger partial charge in [0.25, 0.3) is 0 Å². The van der Waals surface area contributed by atoms with Gasteiger partial charge in [-0.1, -0.05) is 0 Å². The molecule has 100 valence electrons. The van der Waals surface area contributed by atoms with Crippen LogP contribution in [0.25, 0.3) is 0 Å². The van der Waals surface area contributed by atoms with E-state index >= 15 is 0 Å². The fourth-order valence-electron chi connectivity index (χ4n) is 2.17. The lowest BCUT2D eigenvalue weighted by Gasteiger charge is -2.31. The fraction of sp³-hybridized carbons (Fsp3) is 0.538. The molecule has 0 unspecified atom stereocenters. The summed E-state index contributed by atoms with van der Waals surface area (Å²) in [4.78, 5) is 2.08. The molecule has 2 rings (SSSR count). The smallest absolute Gasteiger partial charge is 0.126 e. The van der Waals surface area contributed by atoms with Crippen molar-refractivity contribution in [3.8, 4) is 0 Å². The lowest BCUT2D eigenvalue weighted by atomic mass is 10.0. The van der Waals surface area contributed by atoms with E-state index in [1.807, 2.05) is 0 Å². The van der Waals surface area contributed by atoms with Gasteiger partial charge >= 0.3 is 0 Å². The third-order valence-corrected chi connectivity index (χ3v) is 4.55. The van der Waals surface area contributed by atoms with Crippen LogP contribution in [-0.4, -0.2) is 33.9 Å². The SMILES string of the molecule is Cc1cc(N2CCS(=O)CC2)c([C@@H](C)O)cc1F. The average Bonchev–Trinajstić information content (AvgIpc) is 2.33. The lowest BCUT2D eigenvalue weighted by molar-refractivity contribution is 0.199. The molecule has 0 aromatic heterocycles. The molecule has 1 fully saturated rings. The number of benzene rings is 1. The van der Waals surface area contributed by atoms with Crippen LogP contribution in [0.3, 0.4) is 0 Å². The molecule has 5 heteroatoms. The molecule has 1 aliphatic rings. The summed E-state index contributed by atoms with van der Waals surface area (Å²) >= 11 is 0. The Kier molecular flexibility index (Phi) is 4.02. The van der Waals surface area contributed by atoms with Crippen molar-refractivity contribution in [2.75, 3.05) is 29.5 Å². The number of hydrogen-bond donors (Lipinski definition) is 1. The molecular weight excluding hydrogens is 253 g/mol. The van der Waals surface area contributed by atoms with E-state index in [4.69, 9.17) is 0 Å². The summed E-state index contributed by atoms with van der Waals surface area (Å²) in [5.74, 6) is 0.973. The summed E-state index contributed by atoms with van der Waals surface area (Å²) in [6.45, 7) is 4.73. The van der Waals surface area contributed by atoms with Gasteiger partial charge in [-0.05, 0) is 31.5 Å². The Morgan fingerprint density at radius 3 is 2.56 bits per heavy atom.